The lowest BCUT2D eigenvalue weighted by atomic mass is 9.60. The van der Waals surface area contributed by atoms with E-state index in [0.717, 1.165) is 41.4 Å². The van der Waals surface area contributed by atoms with Gasteiger partial charge in [0.25, 0.3) is 0 Å². The molecule has 0 amide bonds. The minimum absolute atomic E-state index is 0.870. The molecule has 0 nitrogen and oxygen atoms in total. The maximum absolute atomic E-state index is 2.41. The smallest absolute Gasteiger partial charge is 0.0355 e. The molecule has 0 bridgehead atoms. The summed E-state index contributed by atoms with van der Waals surface area (Å²) in [7, 11) is 0. The van der Waals surface area contributed by atoms with E-state index in [1.165, 1.54) is 64.2 Å². The fourth-order valence-corrected chi connectivity index (χ4v) is 4.16. The average Bonchev–Trinajstić information content (AvgIpc) is 2.74. The van der Waals surface area contributed by atoms with Crippen LogP contribution >= 0.6 is 0 Å². The highest BCUT2D eigenvalue weighted by Gasteiger charge is 2.38. The monoisotopic (exact) mass is 427 g/mol. The van der Waals surface area contributed by atoms with Crippen LogP contribution in [0.4, 0.5) is 0 Å². The Hall–Kier alpha value is 0. The number of hydrogen-bond donors (Lipinski definition) is 0. The molecule has 0 aliphatic heterocycles. The molecule has 3 aliphatic rings. The molecule has 0 aromatic carbocycles. The first-order chi connectivity index (χ1) is 14.4. The van der Waals surface area contributed by atoms with Gasteiger partial charge in [-0.2, -0.15) is 0 Å². The predicted octanol–water partition coefficient (Wildman–Crippen LogP) is 11.4. The van der Waals surface area contributed by atoms with Gasteiger partial charge in [-0.25, -0.2) is 0 Å². The third-order valence-corrected chi connectivity index (χ3v) is 7.53. The first-order valence-corrected chi connectivity index (χ1v) is 14.4. The van der Waals surface area contributed by atoms with Crippen LogP contribution in [0.2, 0.25) is 0 Å². The lowest BCUT2D eigenvalue weighted by molar-refractivity contribution is 0.0363. The van der Waals surface area contributed by atoms with Gasteiger partial charge < -0.3 is 0 Å². The van der Waals surface area contributed by atoms with Gasteiger partial charge in [0.1, 0.15) is 0 Å². The average molecular weight is 427 g/mol. The summed E-state index contributed by atoms with van der Waals surface area (Å²) in [6, 6.07) is 0. The highest BCUT2D eigenvalue weighted by molar-refractivity contribution is 4.87. The zero-order chi connectivity index (χ0) is 24.1. The van der Waals surface area contributed by atoms with Gasteiger partial charge in [-0.3, -0.25) is 0 Å². The van der Waals surface area contributed by atoms with E-state index in [1.807, 2.05) is 41.5 Å². The van der Waals surface area contributed by atoms with Gasteiger partial charge in [0.2, 0.25) is 0 Å². The van der Waals surface area contributed by atoms with Crippen LogP contribution in [-0.4, -0.2) is 0 Å². The number of unbranched alkanes of at least 4 members (excludes halogenated alkanes) is 1. The van der Waals surface area contributed by atoms with Crippen molar-refractivity contribution in [1.82, 2.24) is 0 Å². The Bertz CT molecular complexity index is 297. The summed E-state index contributed by atoms with van der Waals surface area (Å²) >= 11 is 0. The SMILES string of the molecule is CC.CC.CC.CC(C)C(C)C1CC(C)C1C.CC1CCC1.CCCCC1CCC1. The molecule has 0 radical (unpaired) electrons. The molecule has 0 aromatic heterocycles. The molecule has 4 atom stereocenters. The van der Waals surface area contributed by atoms with Crippen molar-refractivity contribution < 1.29 is 0 Å². The molecule has 3 rings (SSSR count). The second kappa shape index (κ2) is 23.7. The maximum atomic E-state index is 2.41. The summed E-state index contributed by atoms with van der Waals surface area (Å²) in [4.78, 5) is 0. The van der Waals surface area contributed by atoms with E-state index in [9.17, 15) is 0 Å². The van der Waals surface area contributed by atoms with Crippen molar-refractivity contribution in [1.29, 1.82) is 0 Å². The quantitative estimate of drug-likeness (QED) is 0.410. The van der Waals surface area contributed by atoms with Crippen molar-refractivity contribution in [3.05, 3.63) is 0 Å². The molecule has 0 N–H and O–H groups in total. The Morgan fingerprint density at radius 1 is 0.733 bits per heavy atom. The van der Waals surface area contributed by atoms with E-state index in [0.29, 0.717) is 0 Å². The molecule has 0 saturated heterocycles. The van der Waals surface area contributed by atoms with Gasteiger partial charge >= 0.3 is 0 Å². The van der Waals surface area contributed by atoms with Gasteiger partial charge in [-0.1, -0.05) is 148 Å². The first-order valence-electron chi connectivity index (χ1n) is 14.4. The minimum atomic E-state index is 0.870. The summed E-state index contributed by atoms with van der Waals surface area (Å²) in [6.07, 6.45) is 14.9. The van der Waals surface area contributed by atoms with E-state index in [-0.39, 0.29) is 0 Å². The second-order valence-electron chi connectivity index (χ2n) is 9.81. The minimum Gasteiger partial charge on any atom is -0.0683 e. The molecular weight excluding hydrogens is 360 g/mol. The first kappa shape index (κ1) is 34.6. The van der Waals surface area contributed by atoms with Gasteiger partial charge in [-0.05, 0) is 47.8 Å². The summed E-state index contributed by atoms with van der Waals surface area (Å²) in [6.45, 7) is 28.5. The lowest BCUT2D eigenvalue weighted by Gasteiger charge is -2.45. The van der Waals surface area contributed by atoms with Crippen molar-refractivity contribution in [2.45, 2.75) is 154 Å². The molecule has 3 fully saturated rings. The second-order valence-corrected chi connectivity index (χ2v) is 9.81. The Labute approximate surface area is 195 Å². The third-order valence-electron chi connectivity index (χ3n) is 7.53. The van der Waals surface area contributed by atoms with Crippen molar-refractivity contribution in [2.24, 2.45) is 41.4 Å². The summed E-state index contributed by atoms with van der Waals surface area (Å²) < 4.78 is 0. The van der Waals surface area contributed by atoms with Crippen LogP contribution in [0.5, 0.6) is 0 Å². The van der Waals surface area contributed by atoms with E-state index in [1.54, 1.807) is 0 Å². The lowest BCUT2D eigenvalue weighted by Crippen LogP contribution is -2.38. The van der Waals surface area contributed by atoms with E-state index < -0.39 is 0 Å². The fourth-order valence-electron chi connectivity index (χ4n) is 4.16. The van der Waals surface area contributed by atoms with Gasteiger partial charge in [0, 0.05) is 0 Å². The predicted molar refractivity (Wildman–Crippen MR) is 144 cm³/mol. The molecule has 0 heterocycles. The highest BCUT2D eigenvalue weighted by atomic mass is 14.4. The molecule has 0 heteroatoms. The van der Waals surface area contributed by atoms with Gasteiger partial charge in [0.05, 0.1) is 0 Å². The van der Waals surface area contributed by atoms with E-state index in [2.05, 4.69) is 48.5 Å². The van der Waals surface area contributed by atoms with Crippen molar-refractivity contribution in [3.8, 4) is 0 Å². The normalized spacial score (nSPS) is 25.2. The van der Waals surface area contributed by atoms with Crippen LogP contribution in [0.3, 0.4) is 0 Å². The molecule has 4 unspecified atom stereocenters. The number of hydrogen-bond acceptors (Lipinski definition) is 0. The van der Waals surface area contributed by atoms with Crippen LogP contribution in [0, 0.1) is 41.4 Å². The van der Waals surface area contributed by atoms with Crippen molar-refractivity contribution in [2.75, 3.05) is 0 Å². The fraction of sp³-hybridized carbons (Fsp3) is 1.00. The molecular formula is C30H66. The summed E-state index contributed by atoms with van der Waals surface area (Å²) in [5.41, 5.74) is 0. The Morgan fingerprint density at radius 3 is 1.37 bits per heavy atom. The Balaban J connectivity index is -0.000000337. The van der Waals surface area contributed by atoms with E-state index >= 15 is 0 Å². The zero-order valence-electron chi connectivity index (χ0n) is 24.1. The van der Waals surface area contributed by atoms with E-state index in [4.69, 9.17) is 0 Å². The van der Waals surface area contributed by atoms with Gasteiger partial charge in [-0.15, -0.1) is 0 Å². The Morgan fingerprint density at radius 2 is 1.17 bits per heavy atom. The third kappa shape index (κ3) is 15.8. The molecule has 3 aliphatic carbocycles. The van der Waals surface area contributed by atoms with Crippen molar-refractivity contribution >= 4 is 0 Å². The summed E-state index contributed by atoms with van der Waals surface area (Å²) in [5, 5.41) is 0. The van der Waals surface area contributed by atoms with Crippen LogP contribution < -0.4 is 0 Å². The Kier molecular flexibility index (Phi) is 27.3. The van der Waals surface area contributed by atoms with Crippen LogP contribution in [0.25, 0.3) is 0 Å². The standard InChI is InChI=1S/C11H22.C8H16.C5H10.3C2H6/c1-7(2)9(4)11-6-8(3)10(11)5;1-2-3-5-8-6-4-7-8;1-5-3-2-4-5;3*1-2/h7-11H,6H2,1-5H3;8H,2-7H2,1H3;5H,2-4H2,1H3;3*1-2H3. The van der Waals surface area contributed by atoms with Crippen LogP contribution in [0.1, 0.15) is 154 Å². The topological polar surface area (TPSA) is 0 Å². The number of rotatable bonds is 5. The molecule has 0 spiro atoms. The molecule has 3 saturated carbocycles. The van der Waals surface area contributed by atoms with Crippen molar-refractivity contribution in [3.63, 3.8) is 0 Å². The highest BCUT2D eigenvalue weighted by Crippen LogP contribution is 2.46. The molecule has 0 aromatic rings. The van der Waals surface area contributed by atoms with Gasteiger partial charge in [0.15, 0.2) is 0 Å². The maximum Gasteiger partial charge on any atom is -0.0355 e. The van der Waals surface area contributed by atoms with Crippen LogP contribution in [-0.2, 0) is 0 Å². The molecule has 30 heavy (non-hydrogen) atoms. The van der Waals surface area contributed by atoms with Crippen LogP contribution in [0.15, 0.2) is 0 Å². The largest absolute Gasteiger partial charge is 0.0683 e. The zero-order valence-corrected chi connectivity index (χ0v) is 24.1. The summed E-state index contributed by atoms with van der Waals surface area (Å²) in [5.74, 6) is 6.99. The molecule has 186 valence electrons.